The van der Waals surface area contributed by atoms with E-state index in [0.29, 0.717) is 0 Å². The number of rotatable bonds is 3. The molecule has 0 aliphatic rings. The molecular weight excluding hydrogens is 246 g/mol. The van der Waals surface area contributed by atoms with Crippen LogP contribution in [0, 0.1) is 0 Å². The minimum atomic E-state index is -2.38. The zero-order chi connectivity index (χ0) is 11.6. The zero-order valence-corrected chi connectivity index (χ0v) is 11.8. The fourth-order valence-electron chi connectivity index (χ4n) is 0.589. The number of aliphatic hydroxyl groups is 1. The van der Waals surface area contributed by atoms with Gasteiger partial charge in [-0.05, 0) is 20.8 Å². The van der Waals surface area contributed by atoms with Crippen LogP contribution in [-0.2, 0) is 14.3 Å². The van der Waals surface area contributed by atoms with Crippen LogP contribution in [0.15, 0.2) is 0 Å². The van der Waals surface area contributed by atoms with E-state index < -0.39 is 29.7 Å². The molecule has 0 spiro atoms. The summed E-state index contributed by atoms with van der Waals surface area (Å²) in [5.41, 5.74) is 1.94. The van der Waals surface area contributed by atoms with Crippen molar-refractivity contribution >= 4 is 49.7 Å². The Bertz CT molecular complexity index is 260. The van der Waals surface area contributed by atoms with Gasteiger partial charge in [-0.15, -0.1) is 0 Å². The van der Waals surface area contributed by atoms with Crippen molar-refractivity contribution in [3.05, 3.63) is 0 Å². The Kier molecular flexibility index (Phi) is 9.90. The van der Waals surface area contributed by atoms with Crippen LogP contribution in [0.4, 0.5) is 0 Å². The minimum absolute atomic E-state index is 0. The van der Waals surface area contributed by atoms with Gasteiger partial charge in [0.15, 0.2) is 0 Å². The van der Waals surface area contributed by atoms with Gasteiger partial charge in [0.05, 0.1) is 6.61 Å². The number of esters is 1. The van der Waals surface area contributed by atoms with Crippen molar-refractivity contribution in [3.63, 3.8) is 0 Å². The molecule has 1 atom stereocenters. The number of aliphatic carboxylic acids is 1. The molecule has 0 saturated heterocycles. The predicted octanol–water partition coefficient (Wildman–Crippen LogP) is -1.88. The molecule has 0 bridgehead atoms. The van der Waals surface area contributed by atoms with E-state index in [9.17, 15) is 9.59 Å². The van der Waals surface area contributed by atoms with Crippen LogP contribution in [0.1, 0.15) is 23.6 Å². The van der Waals surface area contributed by atoms with Gasteiger partial charge in [0.25, 0.3) is 0 Å². The number of hydrogen-bond donors (Lipinski definition) is 3. The van der Waals surface area contributed by atoms with E-state index in [1.165, 1.54) is 0 Å². The molecule has 0 rings (SSSR count). The fourth-order valence-corrected chi connectivity index (χ4v) is 0.589. The molecule has 0 fully saturated rings. The number of carbonyl (C=O) groups is 2. The second-order valence-electron chi connectivity index (χ2n) is 3.94. The third-order valence-corrected chi connectivity index (χ3v) is 1.39. The van der Waals surface area contributed by atoms with Crippen LogP contribution in [0.25, 0.3) is 0 Å². The van der Waals surface area contributed by atoms with Crippen LogP contribution < -0.4 is 5.73 Å². The Morgan fingerprint density at radius 2 is 1.75 bits per heavy atom. The van der Waals surface area contributed by atoms with E-state index in [-0.39, 0.29) is 46.1 Å². The average molecular weight is 265 g/mol. The molecule has 0 amide bonds. The molecule has 0 aromatic carbocycles. The van der Waals surface area contributed by atoms with Crippen LogP contribution in [0.5, 0.6) is 0 Å². The predicted molar refractivity (Wildman–Crippen MR) is 59.1 cm³/mol. The number of ether oxygens (including phenoxy) is 1. The molecule has 0 aromatic heterocycles. The normalized spacial score (nSPS) is 13.8. The van der Waals surface area contributed by atoms with Gasteiger partial charge >= 0.3 is 49.7 Å². The van der Waals surface area contributed by atoms with Crippen LogP contribution in [-0.4, -0.2) is 83.1 Å². The molecule has 16 heavy (non-hydrogen) atoms. The number of carboxylic acids is 1. The first-order chi connectivity index (χ1) is 6.13. The molecule has 0 heterocycles. The van der Waals surface area contributed by atoms with E-state index in [0.717, 1.165) is 0 Å². The molecule has 0 aliphatic heterocycles. The number of carbonyl (C=O) groups excluding carboxylic acids is 1. The average Bonchev–Trinajstić information content (AvgIpc) is 1.99. The van der Waals surface area contributed by atoms with E-state index >= 15 is 0 Å². The summed E-state index contributed by atoms with van der Waals surface area (Å²) < 4.78 is 4.75. The molecule has 0 aromatic rings. The standard InChI is InChI=1S/C8H15NO5.Ca.H2O.2H/c1-7(2,3)14-6(13)8(9,4-10)5(11)12;;;;/h10H,4,9H2,1-3H3,(H,11,12);;1H2;;/q;+2;;2*-1. The van der Waals surface area contributed by atoms with Crippen LogP contribution in [0.3, 0.4) is 0 Å². The molecule has 8 heteroatoms. The first-order valence-corrected chi connectivity index (χ1v) is 4.00. The van der Waals surface area contributed by atoms with Gasteiger partial charge in [-0.25, -0.2) is 9.59 Å². The van der Waals surface area contributed by atoms with Gasteiger partial charge in [-0.3, -0.25) is 0 Å². The van der Waals surface area contributed by atoms with Crippen molar-refractivity contribution in [2.45, 2.75) is 31.9 Å². The summed E-state index contributed by atoms with van der Waals surface area (Å²) in [6.07, 6.45) is 0. The maximum Gasteiger partial charge on any atom is 2.00 e. The van der Waals surface area contributed by atoms with Crippen molar-refractivity contribution in [2.75, 3.05) is 6.61 Å². The summed E-state index contributed by atoms with van der Waals surface area (Å²) >= 11 is 0. The monoisotopic (exact) mass is 265 g/mol. The smallest absolute Gasteiger partial charge is 1.00 e. The fraction of sp³-hybridized carbons (Fsp3) is 0.750. The maximum atomic E-state index is 11.3. The SMILES string of the molecule is CC(C)(C)OC(=O)C(N)(CO)C(=O)O.O.[Ca+2].[H-].[H-]. The van der Waals surface area contributed by atoms with E-state index in [1.807, 2.05) is 0 Å². The minimum Gasteiger partial charge on any atom is -1.00 e. The molecule has 0 saturated carbocycles. The first kappa shape index (κ1) is 21.4. The van der Waals surface area contributed by atoms with Crippen molar-refractivity contribution in [1.29, 1.82) is 0 Å². The number of carboxylic acid groups (broad SMARTS) is 1. The Hall–Kier alpha value is 0.0797. The van der Waals surface area contributed by atoms with Crippen LogP contribution in [0.2, 0.25) is 0 Å². The van der Waals surface area contributed by atoms with Crippen molar-refractivity contribution in [1.82, 2.24) is 0 Å². The summed E-state index contributed by atoms with van der Waals surface area (Å²) in [7, 11) is 0. The van der Waals surface area contributed by atoms with Gasteiger partial charge in [-0.2, -0.15) is 0 Å². The van der Waals surface area contributed by atoms with E-state index in [2.05, 4.69) is 0 Å². The summed E-state index contributed by atoms with van der Waals surface area (Å²) in [4.78, 5) is 21.9. The van der Waals surface area contributed by atoms with Crippen molar-refractivity contribution < 1.29 is 32.9 Å². The number of nitrogens with two attached hydrogens (primary N) is 1. The van der Waals surface area contributed by atoms with Crippen molar-refractivity contribution in [3.8, 4) is 0 Å². The molecule has 0 aliphatic carbocycles. The third-order valence-electron chi connectivity index (χ3n) is 1.39. The van der Waals surface area contributed by atoms with Crippen LogP contribution >= 0.6 is 0 Å². The second-order valence-corrected chi connectivity index (χ2v) is 3.94. The summed E-state index contributed by atoms with van der Waals surface area (Å²) in [6.45, 7) is 3.72. The Morgan fingerprint density at radius 3 is 1.94 bits per heavy atom. The third kappa shape index (κ3) is 5.97. The van der Waals surface area contributed by atoms with Gasteiger partial charge in [0.2, 0.25) is 5.54 Å². The zero-order valence-electron chi connectivity index (χ0n) is 11.6. The van der Waals surface area contributed by atoms with Gasteiger partial charge in [-0.1, -0.05) is 0 Å². The van der Waals surface area contributed by atoms with E-state index in [4.69, 9.17) is 20.7 Å². The maximum absolute atomic E-state index is 11.3. The Labute approximate surface area is 126 Å². The summed E-state index contributed by atoms with van der Waals surface area (Å²) in [5.74, 6) is -2.77. The second kappa shape index (κ2) is 7.41. The molecule has 7 nitrogen and oxygen atoms in total. The van der Waals surface area contributed by atoms with Gasteiger partial charge in [0, 0.05) is 0 Å². The first-order valence-electron chi connectivity index (χ1n) is 4.00. The molecule has 1 unspecified atom stereocenters. The number of hydrogen-bond acceptors (Lipinski definition) is 5. The molecule has 0 radical (unpaired) electrons. The number of aliphatic hydroxyl groups excluding tert-OH is 1. The van der Waals surface area contributed by atoms with Gasteiger partial charge < -0.3 is 29.0 Å². The van der Waals surface area contributed by atoms with Gasteiger partial charge in [0.1, 0.15) is 5.60 Å². The quantitative estimate of drug-likeness (QED) is 0.310. The Morgan fingerprint density at radius 1 is 1.38 bits per heavy atom. The molecular formula is C8H19CaNO6. The topological polar surface area (TPSA) is 141 Å². The Balaban J connectivity index is -0.000000141. The van der Waals surface area contributed by atoms with Crippen molar-refractivity contribution in [2.24, 2.45) is 5.73 Å². The summed E-state index contributed by atoms with van der Waals surface area (Å²) in [6, 6.07) is 0. The molecule has 94 valence electrons. The molecule has 6 N–H and O–H groups in total. The van der Waals surface area contributed by atoms with E-state index in [1.54, 1.807) is 20.8 Å². The summed E-state index contributed by atoms with van der Waals surface area (Å²) in [5, 5.41) is 17.3. The largest absolute Gasteiger partial charge is 2.00 e.